The molecule has 2 rings (SSSR count). The molecule has 1 saturated heterocycles. The van der Waals surface area contributed by atoms with Gasteiger partial charge in [-0.3, -0.25) is 9.89 Å². The third kappa shape index (κ3) is 3.97. The second-order valence-corrected chi connectivity index (χ2v) is 8.49. The predicted molar refractivity (Wildman–Crippen MR) is 92.1 cm³/mol. The van der Waals surface area contributed by atoms with Crippen LogP contribution in [0.25, 0.3) is 0 Å². The maximum atomic E-state index is 12.9. The van der Waals surface area contributed by atoms with Gasteiger partial charge in [0.05, 0.1) is 11.4 Å². The van der Waals surface area contributed by atoms with Crippen LogP contribution in [0.15, 0.2) is 4.90 Å². The average molecular weight is 356 g/mol. The number of H-pyrrole nitrogens is 1. The number of amides is 1. The van der Waals surface area contributed by atoms with Crippen molar-refractivity contribution >= 4 is 15.9 Å². The van der Waals surface area contributed by atoms with Crippen LogP contribution in [0.1, 0.15) is 44.5 Å². The van der Waals surface area contributed by atoms with Crippen molar-refractivity contribution in [1.29, 1.82) is 0 Å². The van der Waals surface area contributed by atoms with Crippen LogP contribution in [0.3, 0.4) is 0 Å². The van der Waals surface area contributed by atoms with Gasteiger partial charge in [-0.15, -0.1) is 0 Å². The van der Waals surface area contributed by atoms with E-state index in [-0.39, 0.29) is 10.8 Å². The molecule has 7 nitrogen and oxygen atoms in total. The van der Waals surface area contributed by atoms with E-state index in [1.807, 2.05) is 0 Å². The van der Waals surface area contributed by atoms with E-state index in [2.05, 4.69) is 24.0 Å². The van der Waals surface area contributed by atoms with Crippen LogP contribution < -0.4 is 0 Å². The number of hydrogen-bond acceptors (Lipinski definition) is 4. The Hall–Kier alpha value is -1.41. The van der Waals surface area contributed by atoms with Crippen molar-refractivity contribution in [3.05, 3.63) is 11.4 Å². The van der Waals surface area contributed by atoms with E-state index in [1.54, 1.807) is 18.7 Å². The first-order valence-corrected chi connectivity index (χ1v) is 10.0. The van der Waals surface area contributed by atoms with Crippen LogP contribution in [-0.4, -0.2) is 59.9 Å². The minimum Gasteiger partial charge on any atom is -0.341 e. The normalized spacial score (nSPS) is 18.4. The van der Waals surface area contributed by atoms with Crippen molar-refractivity contribution in [3.63, 3.8) is 0 Å². The monoisotopic (exact) mass is 356 g/mol. The lowest BCUT2D eigenvalue weighted by atomic mass is 10.0. The van der Waals surface area contributed by atoms with Crippen molar-refractivity contribution < 1.29 is 13.2 Å². The molecule has 0 bridgehead atoms. The number of rotatable bonds is 5. The van der Waals surface area contributed by atoms with Crippen LogP contribution in [0.4, 0.5) is 0 Å². The number of carbonyl (C=O) groups is 1. The second-order valence-electron chi connectivity index (χ2n) is 6.62. The highest BCUT2D eigenvalue weighted by molar-refractivity contribution is 7.89. The van der Waals surface area contributed by atoms with Gasteiger partial charge in [0.2, 0.25) is 15.9 Å². The van der Waals surface area contributed by atoms with E-state index in [9.17, 15) is 13.2 Å². The zero-order chi connectivity index (χ0) is 17.9. The molecule has 2 heterocycles. The Morgan fingerprint density at radius 2 is 1.96 bits per heavy atom. The number of nitrogens with one attached hydrogen (secondary N) is 1. The minimum absolute atomic E-state index is 0.124. The number of aryl methyl sites for hydroxylation is 2. The summed E-state index contributed by atoms with van der Waals surface area (Å²) in [5.74, 6) is 0.482. The Bertz CT molecular complexity index is 664. The molecule has 0 radical (unpaired) electrons. The number of carbonyl (C=O) groups excluding carboxylic acids is 1. The van der Waals surface area contributed by atoms with Crippen molar-refractivity contribution in [2.45, 2.75) is 51.9 Å². The summed E-state index contributed by atoms with van der Waals surface area (Å²) in [5.41, 5.74) is 1.04. The largest absolute Gasteiger partial charge is 0.341 e. The third-order valence-electron chi connectivity index (χ3n) is 4.69. The fourth-order valence-electron chi connectivity index (χ4n) is 3.00. The molecule has 1 aliphatic rings. The van der Waals surface area contributed by atoms with Crippen LogP contribution in [0.5, 0.6) is 0 Å². The molecule has 24 heavy (non-hydrogen) atoms. The van der Waals surface area contributed by atoms with E-state index in [1.165, 1.54) is 4.31 Å². The van der Waals surface area contributed by atoms with Gasteiger partial charge in [0.15, 0.2) is 0 Å². The maximum absolute atomic E-state index is 12.9. The van der Waals surface area contributed by atoms with Gasteiger partial charge in [-0.25, -0.2) is 8.42 Å². The first kappa shape index (κ1) is 18.9. The summed E-state index contributed by atoms with van der Waals surface area (Å²) in [5, 5.41) is 6.72. The van der Waals surface area contributed by atoms with Gasteiger partial charge < -0.3 is 4.90 Å². The van der Waals surface area contributed by atoms with E-state index in [0.29, 0.717) is 56.3 Å². The summed E-state index contributed by atoms with van der Waals surface area (Å²) in [6, 6.07) is 0. The molecule has 0 saturated carbocycles. The molecule has 8 heteroatoms. The SMILES string of the molecule is CCC(C)CC(=O)N1CCCN(S(=O)(=O)c2c(C)n[nH]c2C)CC1. The van der Waals surface area contributed by atoms with Gasteiger partial charge >= 0.3 is 0 Å². The highest BCUT2D eigenvalue weighted by Gasteiger charge is 2.31. The molecule has 1 aromatic rings. The second kappa shape index (κ2) is 7.65. The average Bonchev–Trinajstić information content (AvgIpc) is 2.75. The van der Waals surface area contributed by atoms with Gasteiger partial charge in [0.1, 0.15) is 4.90 Å². The molecular formula is C16H28N4O3S. The summed E-state index contributed by atoms with van der Waals surface area (Å²) in [6.45, 7) is 9.37. The summed E-state index contributed by atoms with van der Waals surface area (Å²) in [6.07, 6.45) is 2.16. The molecular weight excluding hydrogens is 328 g/mol. The van der Waals surface area contributed by atoms with Gasteiger partial charge in [-0.2, -0.15) is 9.40 Å². The first-order valence-electron chi connectivity index (χ1n) is 8.56. The highest BCUT2D eigenvalue weighted by Crippen LogP contribution is 2.23. The van der Waals surface area contributed by atoms with Crippen LogP contribution in [0, 0.1) is 19.8 Å². The van der Waals surface area contributed by atoms with E-state index in [0.717, 1.165) is 6.42 Å². The molecule has 0 aromatic carbocycles. The Kier molecular flexibility index (Phi) is 6.03. The fraction of sp³-hybridized carbons (Fsp3) is 0.750. The highest BCUT2D eigenvalue weighted by atomic mass is 32.2. The number of aromatic amines is 1. The molecule has 1 fully saturated rings. The molecule has 136 valence electrons. The summed E-state index contributed by atoms with van der Waals surface area (Å²) in [7, 11) is -3.58. The standard InChI is InChI=1S/C16H28N4O3S/c1-5-12(2)11-15(21)19-7-6-8-20(10-9-19)24(22,23)16-13(3)17-18-14(16)4/h12H,5-11H2,1-4H3,(H,17,18). The molecule has 1 amide bonds. The maximum Gasteiger partial charge on any atom is 0.246 e. The molecule has 1 unspecified atom stereocenters. The third-order valence-corrected chi connectivity index (χ3v) is 6.85. The van der Waals surface area contributed by atoms with Crippen molar-refractivity contribution in [3.8, 4) is 0 Å². The van der Waals surface area contributed by atoms with Crippen molar-refractivity contribution in [1.82, 2.24) is 19.4 Å². The van der Waals surface area contributed by atoms with E-state index in [4.69, 9.17) is 0 Å². The van der Waals surface area contributed by atoms with Gasteiger partial charge in [-0.1, -0.05) is 20.3 Å². The molecule has 0 spiro atoms. The Labute approximate surface area is 144 Å². The van der Waals surface area contributed by atoms with Crippen LogP contribution in [-0.2, 0) is 14.8 Å². The summed E-state index contributed by atoms with van der Waals surface area (Å²) in [4.78, 5) is 14.4. The van der Waals surface area contributed by atoms with Gasteiger partial charge in [0, 0.05) is 32.6 Å². The Morgan fingerprint density at radius 1 is 1.25 bits per heavy atom. The fourth-order valence-corrected chi connectivity index (χ4v) is 4.81. The minimum atomic E-state index is -3.58. The molecule has 1 atom stereocenters. The Morgan fingerprint density at radius 3 is 2.54 bits per heavy atom. The lowest BCUT2D eigenvalue weighted by Crippen LogP contribution is -2.38. The summed E-state index contributed by atoms with van der Waals surface area (Å²) >= 11 is 0. The number of hydrogen-bond donors (Lipinski definition) is 1. The summed E-state index contributed by atoms with van der Waals surface area (Å²) < 4.78 is 27.3. The van der Waals surface area contributed by atoms with Crippen molar-refractivity contribution in [2.24, 2.45) is 5.92 Å². The molecule has 1 aliphatic heterocycles. The predicted octanol–water partition coefficient (Wildman–Crippen LogP) is 1.69. The van der Waals surface area contributed by atoms with Gasteiger partial charge in [0.25, 0.3) is 0 Å². The number of nitrogens with zero attached hydrogens (tertiary/aromatic N) is 3. The smallest absolute Gasteiger partial charge is 0.246 e. The molecule has 0 aliphatic carbocycles. The molecule has 1 aromatic heterocycles. The van der Waals surface area contributed by atoms with Gasteiger partial charge in [-0.05, 0) is 26.2 Å². The van der Waals surface area contributed by atoms with Crippen LogP contribution in [0.2, 0.25) is 0 Å². The number of sulfonamides is 1. The van der Waals surface area contributed by atoms with Crippen molar-refractivity contribution in [2.75, 3.05) is 26.2 Å². The number of aromatic nitrogens is 2. The molecule has 1 N–H and O–H groups in total. The van der Waals surface area contributed by atoms with E-state index >= 15 is 0 Å². The zero-order valence-corrected chi connectivity index (χ0v) is 15.8. The first-order chi connectivity index (χ1) is 11.3. The lowest BCUT2D eigenvalue weighted by molar-refractivity contribution is -0.131. The Balaban J connectivity index is 2.09. The topological polar surface area (TPSA) is 86.4 Å². The zero-order valence-electron chi connectivity index (χ0n) is 15.0. The van der Waals surface area contributed by atoms with E-state index < -0.39 is 10.0 Å². The van der Waals surface area contributed by atoms with Crippen LogP contribution >= 0.6 is 0 Å². The lowest BCUT2D eigenvalue weighted by Gasteiger charge is -2.23. The quantitative estimate of drug-likeness (QED) is 0.870.